The molecule has 2 amide bonds. The molecule has 0 aromatic heterocycles. The molecule has 0 aliphatic heterocycles. The number of carbonyl (C=O) groups excluding carboxylic acids is 2. The van der Waals surface area contributed by atoms with Gasteiger partial charge in [0.25, 0.3) is 10.0 Å². The number of hydrogen-bond donors (Lipinski definition) is 1. The molecular weight excluding hydrogens is 574 g/mol. The predicted octanol–water partition coefficient (Wildman–Crippen LogP) is 5.62. The van der Waals surface area contributed by atoms with E-state index in [9.17, 15) is 18.0 Å². The summed E-state index contributed by atoms with van der Waals surface area (Å²) in [5.74, 6) is -0.601. The minimum absolute atomic E-state index is 0.0104. The largest absolute Gasteiger partial charge is 0.495 e. The highest BCUT2D eigenvalue weighted by molar-refractivity contribution is 7.92. The van der Waals surface area contributed by atoms with Crippen LogP contribution in [-0.2, 0) is 26.0 Å². The fourth-order valence-electron chi connectivity index (χ4n) is 4.56. The smallest absolute Gasteiger partial charge is 0.264 e. The molecule has 0 aliphatic carbocycles. The third-order valence-electron chi connectivity index (χ3n) is 6.67. The lowest BCUT2D eigenvalue weighted by Crippen LogP contribution is -2.56. The second-order valence-corrected chi connectivity index (χ2v) is 13.4. The van der Waals surface area contributed by atoms with Crippen molar-refractivity contribution in [1.29, 1.82) is 0 Å². The quantitative estimate of drug-likeness (QED) is 0.286. The standard InChI is InChI=1S/C32H40ClN3O5S/c1-7-27(31(38)34-32(3,4)5)35(20-19-24-11-9-8-10-12-24)30(37)22-36(28-21-25(33)15-18-29(28)41-6)42(39,40)26-16-13-23(2)14-17-26/h8-18,21,27H,7,19-20,22H2,1-6H3,(H,34,38)/t27-/m1/s1. The molecule has 226 valence electrons. The maximum absolute atomic E-state index is 14.2. The summed E-state index contributed by atoms with van der Waals surface area (Å²) in [5.41, 5.74) is 1.48. The number of amides is 2. The van der Waals surface area contributed by atoms with Gasteiger partial charge in [-0.25, -0.2) is 8.42 Å². The number of sulfonamides is 1. The predicted molar refractivity (Wildman–Crippen MR) is 168 cm³/mol. The molecule has 0 spiro atoms. The summed E-state index contributed by atoms with van der Waals surface area (Å²) in [6, 6.07) is 19.8. The lowest BCUT2D eigenvalue weighted by Gasteiger charge is -2.35. The minimum atomic E-state index is -4.25. The zero-order chi connectivity index (χ0) is 31.1. The minimum Gasteiger partial charge on any atom is -0.495 e. The summed E-state index contributed by atoms with van der Waals surface area (Å²) >= 11 is 6.30. The van der Waals surface area contributed by atoms with Crippen molar-refractivity contribution in [3.8, 4) is 5.75 Å². The van der Waals surface area contributed by atoms with Gasteiger partial charge in [-0.1, -0.05) is 66.6 Å². The van der Waals surface area contributed by atoms with Crippen molar-refractivity contribution in [3.05, 3.63) is 88.9 Å². The molecule has 1 N–H and O–H groups in total. The van der Waals surface area contributed by atoms with Gasteiger partial charge in [0.15, 0.2) is 0 Å². The Bertz CT molecular complexity index is 1470. The molecule has 3 aromatic rings. The van der Waals surface area contributed by atoms with E-state index in [0.717, 1.165) is 15.4 Å². The van der Waals surface area contributed by atoms with Crippen molar-refractivity contribution >= 4 is 39.1 Å². The number of halogens is 1. The van der Waals surface area contributed by atoms with Crippen LogP contribution < -0.4 is 14.4 Å². The van der Waals surface area contributed by atoms with E-state index >= 15 is 0 Å². The molecular formula is C32H40ClN3O5S. The summed E-state index contributed by atoms with van der Waals surface area (Å²) in [6.45, 7) is 8.94. The SMILES string of the molecule is CC[C@H](C(=O)NC(C)(C)C)N(CCc1ccccc1)C(=O)CN(c1cc(Cl)ccc1OC)S(=O)(=O)c1ccc(C)cc1. The Morgan fingerprint density at radius 1 is 1.00 bits per heavy atom. The van der Waals surface area contributed by atoms with Gasteiger partial charge < -0.3 is 15.0 Å². The number of methoxy groups -OCH3 is 1. The van der Waals surface area contributed by atoms with Crippen LogP contribution in [0.3, 0.4) is 0 Å². The molecule has 0 saturated heterocycles. The van der Waals surface area contributed by atoms with E-state index in [-0.39, 0.29) is 33.8 Å². The number of hydrogen-bond acceptors (Lipinski definition) is 5. The van der Waals surface area contributed by atoms with Crippen molar-refractivity contribution in [3.63, 3.8) is 0 Å². The third kappa shape index (κ3) is 8.49. The maximum atomic E-state index is 14.2. The number of nitrogens with one attached hydrogen (secondary N) is 1. The molecule has 3 aromatic carbocycles. The number of carbonyl (C=O) groups is 2. The lowest BCUT2D eigenvalue weighted by molar-refractivity contribution is -0.140. The van der Waals surface area contributed by atoms with Crippen molar-refractivity contribution < 1.29 is 22.7 Å². The first-order chi connectivity index (χ1) is 19.8. The molecule has 0 fully saturated rings. The third-order valence-corrected chi connectivity index (χ3v) is 8.67. The van der Waals surface area contributed by atoms with E-state index in [1.165, 1.54) is 30.2 Å². The van der Waals surface area contributed by atoms with Crippen molar-refractivity contribution in [1.82, 2.24) is 10.2 Å². The van der Waals surface area contributed by atoms with Crippen LogP contribution in [0.2, 0.25) is 5.02 Å². The first-order valence-corrected chi connectivity index (χ1v) is 15.7. The average molecular weight is 614 g/mol. The number of ether oxygens (including phenoxy) is 1. The Hall–Kier alpha value is -3.56. The van der Waals surface area contributed by atoms with E-state index in [1.54, 1.807) is 24.3 Å². The highest BCUT2D eigenvalue weighted by atomic mass is 35.5. The number of nitrogens with zero attached hydrogens (tertiary/aromatic N) is 2. The Kier molecular flexibility index (Phi) is 11.0. The van der Waals surface area contributed by atoms with Gasteiger partial charge in [0.05, 0.1) is 17.7 Å². The molecule has 0 unspecified atom stereocenters. The van der Waals surface area contributed by atoms with Gasteiger partial charge in [-0.3, -0.25) is 13.9 Å². The molecule has 3 rings (SSSR count). The monoisotopic (exact) mass is 613 g/mol. The fourth-order valence-corrected chi connectivity index (χ4v) is 6.14. The van der Waals surface area contributed by atoms with Crippen LogP contribution in [0, 0.1) is 6.92 Å². The normalized spacial score (nSPS) is 12.4. The Morgan fingerprint density at radius 2 is 1.64 bits per heavy atom. The number of rotatable bonds is 12. The van der Waals surface area contributed by atoms with E-state index in [4.69, 9.17) is 16.3 Å². The lowest BCUT2D eigenvalue weighted by atomic mass is 10.1. The van der Waals surface area contributed by atoms with Gasteiger partial charge in [0, 0.05) is 17.1 Å². The maximum Gasteiger partial charge on any atom is 0.264 e. The van der Waals surface area contributed by atoms with E-state index in [1.807, 2.05) is 65.0 Å². The molecule has 8 nitrogen and oxygen atoms in total. The highest BCUT2D eigenvalue weighted by Gasteiger charge is 2.35. The summed E-state index contributed by atoms with van der Waals surface area (Å²) in [7, 11) is -2.83. The molecule has 10 heteroatoms. The number of benzene rings is 3. The molecule has 0 bridgehead atoms. The van der Waals surface area contributed by atoms with Gasteiger partial charge >= 0.3 is 0 Å². The van der Waals surface area contributed by atoms with E-state index in [0.29, 0.717) is 12.8 Å². The van der Waals surface area contributed by atoms with Crippen molar-refractivity contribution in [2.75, 3.05) is 24.5 Å². The van der Waals surface area contributed by atoms with Gasteiger partial charge in [-0.05, 0) is 76.4 Å². The van der Waals surface area contributed by atoms with Crippen LogP contribution >= 0.6 is 11.6 Å². The number of anilines is 1. The molecule has 42 heavy (non-hydrogen) atoms. The number of aryl methyl sites for hydroxylation is 1. The van der Waals surface area contributed by atoms with E-state index < -0.39 is 34.1 Å². The molecule has 0 aliphatic rings. The molecule has 1 atom stereocenters. The summed E-state index contributed by atoms with van der Waals surface area (Å²) in [6.07, 6.45) is 0.824. The molecule has 0 saturated carbocycles. The zero-order valence-electron chi connectivity index (χ0n) is 25.1. The van der Waals surface area contributed by atoms with Crippen LogP contribution in [0.1, 0.15) is 45.2 Å². The topological polar surface area (TPSA) is 96.0 Å². The Labute approximate surface area is 254 Å². The fraction of sp³-hybridized carbons (Fsp3) is 0.375. The van der Waals surface area contributed by atoms with Crippen molar-refractivity contribution in [2.24, 2.45) is 0 Å². The second kappa shape index (κ2) is 14.1. The van der Waals surface area contributed by atoms with Crippen LogP contribution in [0.4, 0.5) is 5.69 Å². The van der Waals surface area contributed by atoms with Gasteiger partial charge in [0.1, 0.15) is 18.3 Å². The van der Waals surface area contributed by atoms with Gasteiger partial charge in [-0.15, -0.1) is 0 Å². The highest BCUT2D eigenvalue weighted by Crippen LogP contribution is 2.35. The molecule has 0 radical (unpaired) electrons. The average Bonchev–Trinajstić information content (AvgIpc) is 2.93. The molecule has 0 heterocycles. The Morgan fingerprint density at radius 3 is 2.21 bits per heavy atom. The first-order valence-electron chi connectivity index (χ1n) is 13.8. The van der Waals surface area contributed by atoms with Gasteiger partial charge in [0.2, 0.25) is 11.8 Å². The zero-order valence-corrected chi connectivity index (χ0v) is 26.6. The van der Waals surface area contributed by atoms with Crippen molar-refractivity contribution in [2.45, 2.75) is 63.9 Å². The van der Waals surface area contributed by atoms with E-state index in [2.05, 4.69) is 5.32 Å². The summed E-state index contributed by atoms with van der Waals surface area (Å²) < 4.78 is 34.7. The van der Waals surface area contributed by atoms with Crippen LogP contribution in [-0.4, -0.2) is 56.9 Å². The summed E-state index contributed by atoms with van der Waals surface area (Å²) in [4.78, 5) is 29.1. The Balaban J connectivity index is 2.09. The van der Waals surface area contributed by atoms with Crippen LogP contribution in [0.5, 0.6) is 5.75 Å². The van der Waals surface area contributed by atoms with Crippen LogP contribution in [0.15, 0.2) is 77.7 Å². The second-order valence-electron chi connectivity index (χ2n) is 11.1. The summed E-state index contributed by atoms with van der Waals surface area (Å²) in [5, 5.41) is 3.25. The first kappa shape index (κ1) is 32.9. The van der Waals surface area contributed by atoms with Gasteiger partial charge in [-0.2, -0.15) is 0 Å². The van der Waals surface area contributed by atoms with Crippen LogP contribution in [0.25, 0.3) is 0 Å².